The number of hydrogen-bond acceptors (Lipinski definition) is 4. The Morgan fingerprint density at radius 3 is 1.88 bits per heavy atom. The Hall–Kier alpha value is -1.06. The minimum Gasteiger partial charge on any atom is -0.349 e. The monoisotopic (exact) mass is 116 g/mol. The molecule has 0 aliphatic rings. The van der Waals surface area contributed by atoms with Crippen molar-refractivity contribution in [3.8, 4) is 0 Å². The summed E-state index contributed by atoms with van der Waals surface area (Å²) in [4.78, 5) is 8.88. The molecule has 0 spiro atoms. The fraction of sp³-hybridized carbons (Fsp3) is 0.500. The molecule has 0 aromatic rings. The molecule has 0 bridgehead atoms. The van der Waals surface area contributed by atoms with Crippen molar-refractivity contribution >= 4 is 13.4 Å². The van der Waals surface area contributed by atoms with E-state index in [1.165, 1.54) is 0 Å². The molecule has 8 heavy (non-hydrogen) atoms. The molecule has 0 rings (SSSR count). The van der Waals surface area contributed by atoms with Gasteiger partial charge in [0, 0.05) is 20.4 Å². The third kappa shape index (κ3) is 3.14. The van der Waals surface area contributed by atoms with E-state index in [0.29, 0.717) is 0 Å². The van der Waals surface area contributed by atoms with Crippen LogP contribution in [0.3, 0.4) is 0 Å². The van der Waals surface area contributed by atoms with Crippen LogP contribution in [0.4, 0.5) is 0 Å². The summed E-state index contributed by atoms with van der Waals surface area (Å²) in [5.41, 5.74) is 0. The van der Waals surface area contributed by atoms with E-state index in [1.807, 2.05) is 0 Å². The Kier molecular flexibility index (Phi) is 3.56. The second kappa shape index (κ2) is 4.11. The number of hydrogen-bond donors (Lipinski definition) is 0. The molecular weight excluding hydrogens is 108 g/mol. The molecule has 0 N–H and O–H groups in total. The van der Waals surface area contributed by atoms with E-state index < -0.39 is 6.29 Å². The zero-order valence-electron chi connectivity index (χ0n) is 4.70. The molecule has 0 aliphatic carbocycles. The van der Waals surface area contributed by atoms with E-state index in [2.05, 4.69) is 33.4 Å². The number of nitrogens with zero attached hydrogens (tertiary/aromatic N) is 2. The topological polar surface area (TPSA) is 43.2 Å². The van der Waals surface area contributed by atoms with Gasteiger partial charge in [-0.2, -0.15) is 0 Å². The first-order valence-electron chi connectivity index (χ1n) is 2.05. The summed E-state index contributed by atoms with van der Waals surface area (Å²) in [5.74, 6) is 0. The van der Waals surface area contributed by atoms with Crippen molar-refractivity contribution in [1.82, 2.24) is 0 Å². The fourth-order valence-electron chi connectivity index (χ4n) is 0.229. The van der Waals surface area contributed by atoms with E-state index in [-0.39, 0.29) is 0 Å². The van der Waals surface area contributed by atoms with Gasteiger partial charge in [-0.15, -0.1) is 0 Å². The highest BCUT2D eigenvalue weighted by atomic mass is 16.8. The first kappa shape index (κ1) is 6.94. The smallest absolute Gasteiger partial charge is 0.286 e. The van der Waals surface area contributed by atoms with Crippen LogP contribution in [-0.2, 0) is 9.68 Å². The van der Waals surface area contributed by atoms with E-state index in [1.54, 1.807) is 6.92 Å². The van der Waals surface area contributed by atoms with Crippen LogP contribution < -0.4 is 0 Å². The summed E-state index contributed by atoms with van der Waals surface area (Å²) in [7, 11) is 0. The summed E-state index contributed by atoms with van der Waals surface area (Å²) in [5, 5.41) is 6.18. The van der Waals surface area contributed by atoms with Crippen LogP contribution in [-0.4, -0.2) is 19.7 Å². The van der Waals surface area contributed by atoms with E-state index >= 15 is 0 Å². The molecule has 4 nitrogen and oxygen atoms in total. The maximum absolute atomic E-state index is 4.44. The van der Waals surface area contributed by atoms with Gasteiger partial charge in [0.05, 0.1) is 0 Å². The number of rotatable bonds is 4. The summed E-state index contributed by atoms with van der Waals surface area (Å²) < 4.78 is 0. The first-order chi connectivity index (χ1) is 3.81. The van der Waals surface area contributed by atoms with Gasteiger partial charge in [0.15, 0.2) is 0 Å². The van der Waals surface area contributed by atoms with Gasteiger partial charge in [-0.25, -0.2) is 0 Å². The van der Waals surface area contributed by atoms with Crippen molar-refractivity contribution < 1.29 is 9.68 Å². The summed E-state index contributed by atoms with van der Waals surface area (Å²) in [6.07, 6.45) is -0.495. The van der Waals surface area contributed by atoms with Crippen molar-refractivity contribution in [3.63, 3.8) is 0 Å². The molecule has 0 saturated heterocycles. The largest absolute Gasteiger partial charge is 0.349 e. The highest BCUT2D eigenvalue weighted by molar-refractivity contribution is 5.21. The van der Waals surface area contributed by atoms with Crippen LogP contribution in [0.1, 0.15) is 6.92 Å². The lowest BCUT2D eigenvalue weighted by molar-refractivity contribution is -0.127. The molecule has 46 valence electrons. The van der Waals surface area contributed by atoms with Gasteiger partial charge >= 0.3 is 0 Å². The van der Waals surface area contributed by atoms with Crippen molar-refractivity contribution in [2.75, 3.05) is 0 Å². The molecule has 0 atom stereocenters. The second-order valence-corrected chi connectivity index (χ2v) is 1.04. The van der Waals surface area contributed by atoms with E-state index in [9.17, 15) is 0 Å². The zero-order valence-corrected chi connectivity index (χ0v) is 4.70. The quantitative estimate of drug-likeness (QED) is 0.306. The van der Waals surface area contributed by atoms with Crippen LogP contribution in [0.25, 0.3) is 0 Å². The van der Waals surface area contributed by atoms with Crippen molar-refractivity contribution in [2.24, 2.45) is 10.3 Å². The Labute approximate surface area is 47.8 Å². The normalized spacial score (nSPS) is 8.25. The molecule has 0 aromatic carbocycles. The Morgan fingerprint density at radius 1 is 1.25 bits per heavy atom. The molecular formula is C4H8N2O2. The SMILES string of the molecule is C=NOC(C)ON=C. The van der Waals surface area contributed by atoms with Gasteiger partial charge < -0.3 is 9.68 Å². The van der Waals surface area contributed by atoms with Crippen molar-refractivity contribution in [2.45, 2.75) is 13.2 Å². The minimum atomic E-state index is -0.495. The predicted octanol–water partition coefficient (Wildman–Crippen LogP) is 0.597. The molecule has 0 saturated carbocycles. The van der Waals surface area contributed by atoms with Gasteiger partial charge in [-0.3, -0.25) is 0 Å². The third-order valence-electron chi connectivity index (χ3n) is 0.446. The standard InChI is InChI=1S/C4H8N2O2/c1-4(7-5-2)8-6-3/h4H,2-3H2,1H3. The highest BCUT2D eigenvalue weighted by Gasteiger charge is 1.95. The molecule has 4 heteroatoms. The van der Waals surface area contributed by atoms with Gasteiger partial charge in [-0.05, 0) is 0 Å². The predicted molar refractivity (Wildman–Crippen MR) is 30.7 cm³/mol. The molecule has 0 aromatic heterocycles. The number of oxime groups is 2. The lowest BCUT2D eigenvalue weighted by Crippen LogP contribution is -2.04. The van der Waals surface area contributed by atoms with Crippen LogP contribution in [0, 0.1) is 0 Å². The summed E-state index contributed by atoms with van der Waals surface area (Å²) >= 11 is 0. The molecule has 0 amide bonds. The molecule has 0 heterocycles. The average Bonchev–Trinajstić information content (AvgIpc) is 1.68. The maximum Gasteiger partial charge on any atom is 0.286 e. The average molecular weight is 116 g/mol. The third-order valence-corrected chi connectivity index (χ3v) is 0.446. The first-order valence-corrected chi connectivity index (χ1v) is 2.05. The van der Waals surface area contributed by atoms with Gasteiger partial charge in [0.1, 0.15) is 0 Å². The van der Waals surface area contributed by atoms with Gasteiger partial charge in [0.2, 0.25) is 0 Å². The van der Waals surface area contributed by atoms with Crippen LogP contribution in [0.2, 0.25) is 0 Å². The molecule has 0 radical (unpaired) electrons. The maximum atomic E-state index is 4.44. The lowest BCUT2D eigenvalue weighted by atomic mass is 10.8. The lowest BCUT2D eigenvalue weighted by Gasteiger charge is -2.03. The zero-order chi connectivity index (χ0) is 6.41. The van der Waals surface area contributed by atoms with Crippen LogP contribution in [0.15, 0.2) is 10.3 Å². The molecule has 0 fully saturated rings. The van der Waals surface area contributed by atoms with Crippen molar-refractivity contribution in [3.05, 3.63) is 0 Å². The fourth-order valence-corrected chi connectivity index (χ4v) is 0.229. The Bertz CT molecular complexity index is 74.1. The van der Waals surface area contributed by atoms with Crippen LogP contribution in [0.5, 0.6) is 0 Å². The van der Waals surface area contributed by atoms with E-state index in [0.717, 1.165) is 0 Å². The summed E-state index contributed by atoms with van der Waals surface area (Å²) in [6.45, 7) is 7.77. The van der Waals surface area contributed by atoms with Gasteiger partial charge in [0.25, 0.3) is 6.29 Å². The highest BCUT2D eigenvalue weighted by Crippen LogP contribution is 1.91. The molecule has 0 aliphatic heterocycles. The van der Waals surface area contributed by atoms with Crippen LogP contribution >= 0.6 is 0 Å². The molecule has 0 unspecified atom stereocenters. The Morgan fingerprint density at radius 2 is 1.62 bits per heavy atom. The minimum absolute atomic E-state index is 0.495. The van der Waals surface area contributed by atoms with Gasteiger partial charge in [-0.1, -0.05) is 10.3 Å². The van der Waals surface area contributed by atoms with Crippen molar-refractivity contribution in [1.29, 1.82) is 0 Å². The Balaban J connectivity index is 3.16. The van der Waals surface area contributed by atoms with E-state index in [4.69, 9.17) is 0 Å². The summed E-state index contributed by atoms with van der Waals surface area (Å²) in [6, 6.07) is 0. The second-order valence-electron chi connectivity index (χ2n) is 1.04.